The van der Waals surface area contributed by atoms with Gasteiger partial charge in [-0.3, -0.25) is 4.90 Å². The lowest BCUT2D eigenvalue weighted by Gasteiger charge is -2.20. The fourth-order valence-corrected chi connectivity index (χ4v) is 3.22. The van der Waals surface area contributed by atoms with Gasteiger partial charge in [0.2, 0.25) is 0 Å². The van der Waals surface area contributed by atoms with E-state index in [0.29, 0.717) is 5.56 Å². The molecule has 2 N–H and O–H groups in total. The van der Waals surface area contributed by atoms with E-state index in [2.05, 4.69) is 11.8 Å². The molecule has 0 spiro atoms. The van der Waals surface area contributed by atoms with Crippen molar-refractivity contribution in [2.24, 2.45) is 11.7 Å². The van der Waals surface area contributed by atoms with Crippen LogP contribution in [-0.4, -0.2) is 18.0 Å². The van der Waals surface area contributed by atoms with E-state index in [1.165, 1.54) is 44.2 Å². The summed E-state index contributed by atoms with van der Waals surface area (Å²) in [6, 6.07) is 5.36. The largest absolute Gasteiger partial charge is 0.326 e. The van der Waals surface area contributed by atoms with Crippen molar-refractivity contribution in [1.82, 2.24) is 4.90 Å². The minimum absolute atomic E-state index is 0.185. The summed E-state index contributed by atoms with van der Waals surface area (Å²) in [4.78, 5) is 2.50. The number of benzene rings is 1. The fraction of sp³-hybridized carbons (Fsp3) is 0.647. The van der Waals surface area contributed by atoms with Crippen molar-refractivity contribution in [3.05, 3.63) is 35.1 Å². The third-order valence-corrected chi connectivity index (χ3v) is 4.37. The SMILES string of the molecule is CCCC1CCCN(Cc2ccc(F)c(CN)c2)CC1. The molecule has 1 atom stereocenters. The highest BCUT2D eigenvalue weighted by atomic mass is 19.1. The Morgan fingerprint density at radius 2 is 2.15 bits per heavy atom. The highest BCUT2D eigenvalue weighted by Crippen LogP contribution is 2.23. The molecule has 1 aromatic carbocycles. The Kier molecular flexibility index (Phi) is 5.99. The van der Waals surface area contributed by atoms with E-state index in [-0.39, 0.29) is 12.4 Å². The lowest BCUT2D eigenvalue weighted by molar-refractivity contribution is 0.271. The average Bonchev–Trinajstić information content (AvgIpc) is 2.67. The second-order valence-electron chi connectivity index (χ2n) is 5.99. The smallest absolute Gasteiger partial charge is 0.127 e. The highest BCUT2D eigenvalue weighted by molar-refractivity contribution is 5.25. The van der Waals surface area contributed by atoms with Gasteiger partial charge in [-0.15, -0.1) is 0 Å². The number of likely N-dealkylation sites (tertiary alicyclic amines) is 1. The van der Waals surface area contributed by atoms with Gasteiger partial charge in [0.05, 0.1) is 0 Å². The third-order valence-electron chi connectivity index (χ3n) is 4.37. The Morgan fingerprint density at radius 1 is 1.30 bits per heavy atom. The minimum Gasteiger partial charge on any atom is -0.326 e. The van der Waals surface area contributed by atoms with Gasteiger partial charge in [0.25, 0.3) is 0 Å². The molecule has 2 rings (SSSR count). The molecule has 0 amide bonds. The average molecular weight is 278 g/mol. The molecule has 0 aromatic heterocycles. The molecule has 0 saturated carbocycles. The van der Waals surface area contributed by atoms with Gasteiger partial charge in [-0.05, 0) is 49.9 Å². The number of hydrogen-bond acceptors (Lipinski definition) is 2. The zero-order valence-corrected chi connectivity index (χ0v) is 12.6. The van der Waals surface area contributed by atoms with E-state index in [9.17, 15) is 4.39 Å². The number of halogens is 1. The summed E-state index contributed by atoms with van der Waals surface area (Å²) >= 11 is 0. The van der Waals surface area contributed by atoms with E-state index < -0.39 is 0 Å². The molecule has 1 fully saturated rings. The summed E-state index contributed by atoms with van der Waals surface area (Å²) in [5.74, 6) is 0.716. The summed E-state index contributed by atoms with van der Waals surface area (Å²) in [5, 5.41) is 0. The second kappa shape index (κ2) is 7.75. The van der Waals surface area contributed by atoms with Gasteiger partial charge in [-0.1, -0.05) is 31.9 Å². The molecular formula is C17H27FN2. The van der Waals surface area contributed by atoms with Gasteiger partial charge in [0, 0.05) is 18.7 Å². The Labute approximate surface area is 122 Å². The normalized spacial score (nSPS) is 20.9. The van der Waals surface area contributed by atoms with Crippen molar-refractivity contribution in [2.75, 3.05) is 13.1 Å². The maximum absolute atomic E-state index is 13.5. The predicted octanol–water partition coefficient (Wildman–Crippen LogP) is 3.69. The summed E-state index contributed by atoms with van der Waals surface area (Å²) in [7, 11) is 0. The fourth-order valence-electron chi connectivity index (χ4n) is 3.22. The van der Waals surface area contributed by atoms with Crippen molar-refractivity contribution in [1.29, 1.82) is 0 Å². The number of hydrogen-bond donors (Lipinski definition) is 1. The molecule has 0 bridgehead atoms. The van der Waals surface area contributed by atoms with Crippen molar-refractivity contribution in [3.63, 3.8) is 0 Å². The van der Waals surface area contributed by atoms with Crippen LogP contribution in [0.25, 0.3) is 0 Å². The van der Waals surface area contributed by atoms with Crippen LogP contribution in [0.15, 0.2) is 18.2 Å². The maximum Gasteiger partial charge on any atom is 0.127 e. The second-order valence-corrected chi connectivity index (χ2v) is 5.99. The number of nitrogens with zero attached hydrogens (tertiary/aromatic N) is 1. The van der Waals surface area contributed by atoms with Crippen molar-refractivity contribution in [3.8, 4) is 0 Å². The molecule has 0 aliphatic carbocycles. The van der Waals surface area contributed by atoms with Crippen LogP contribution in [-0.2, 0) is 13.1 Å². The number of nitrogens with two attached hydrogens (primary N) is 1. The van der Waals surface area contributed by atoms with E-state index in [1.807, 2.05) is 12.1 Å². The van der Waals surface area contributed by atoms with Crippen molar-refractivity contribution >= 4 is 0 Å². The molecule has 0 radical (unpaired) electrons. The Hall–Kier alpha value is -0.930. The van der Waals surface area contributed by atoms with Gasteiger partial charge in [0.15, 0.2) is 0 Å². The van der Waals surface area contributed by atoms with Gasteiger partial charge in [-0.25, -0.2) is 4.39 Å². The van der Waals surface area contributed by atoms with Gasteiger partial charge in [0.1, 0.15) is 5.82 Å². The molecule has 1 saturated heterocycles. The minimum atomic E-state index is -0.185. The quantitative estimate of drug-likeness (QED) is 0.890. The molecule has 1 aliphatic heterocycles. The topological polar surface area (TPSA) is 29.3 Å². The Balaban J connectivity index is 1.93. The van der Waals surface area contributed by atoms with E-state index in [4.69, 9.17) is 5.73 Å². The Morgan fingerprint density at radius 3 is 2.90 bits per heavy atom. The lowest BCUT2D eigenvalue weighted by atomic mass is 9.96. The van der Waals surface area contributed by atoms with E-state index >= 15 is 0 Å². The van der Waals surface area contributed by atoms with Crippen LogP contribution in [0, 0.1) is 11.7 Å². The first kappa shape index (κ1) is 15.5. The number of rotatable bonds is 5. The van der Waals surface area contributed by atoms with Gasteiger partial charge < -0.3 is 5.73 Å². The molecule has 20 heavy (non-hydrogen) atoms. The van der Waals surface area contributed by atoms with Crippen LogP contribution in [0.3, 0.4) is 0 Å². The molecule has 1 unspecified atom stereocenters. The zero-order chi connectivity index (χ0) is 14.4. The predicted molar refractivity (Wildman–Crippen MR) is 81.8 cm³/mol. The molecule has 1 aliphatic rings. The monoisotopic (exact) mass is 278 g/mol. The first-order valence-electron chi connectivity index (χ1n) is 7.92. The molecule has 1 heterocycles. The lowest BCUT2D eigenvalue weighted by Crippen LogP contribution is -2.24. The van der Waals surface area contributed by atoms with E-state index in [0.717, 1.165) is 19.0 Å². The molecule has 2 nitrogen and oxygen atoms in total. The first-order chi connectivity index (χ1) is 9.72. The van der Waals surface area contributed by atoms with E-state index in [1.54, 1.807) is 6.07 Å². The highest BCUT2D eigenvalue weighted by Gasteiger charge is 2.16. The maximum atomic E-state index is 13.5. The van der Waals surface area contributed by atoms with Crippen LogP contribution in [0.2, 0.25) is 0 Å². The summed E-state index contributed by atoms with van der Waals surface area (Å²) in [6.45, 7) is 5.80. The zero-order valence-electron chi connectivity index (χ0n) is 12.6. The van der Waals surface area contributed by atoms with Crippen molar-refractivity contribution < 1.29 is 4.39 Å². The van der Waals surface area contributed by atoms with Crippen LogP contribution >= 0.6 is 0 Å². The van der Waals surface area contributed by atoms with Gasteiger partial charge >= 0.3 is 0 Å². The van der Waals surface area contributed by atoms with Crippen LogP contribution in [0.1, 0.15) is 50.2 Å². The summed E-state index contributed by atoms with van der Waals surface area (Å²) in [5.41, 5.74) is 7.38. The first-order valence-corrected chi connectivity index (χ1v) is 7.92. The van der Waals surface area contributed by atoms with Crippen LogP contribution in [0.4, 0.5) is 4.39 Å². The van der Waals surface area contributed by atoms with Crippen molar-refractivity contribution in [2.45, 2.75) is 52.1 Å². The molecular weight excluding hydrogens is 251 g/mol. The summed E-state index contributed by atoms with van der Waals surface area (Å²) < 4.78 is 13.5. The molecule has 112 valence electrons. The van der Waals surface area contributed by atoms with Gasteiger partial charge in [-0.2, -0.15) is 0 Å². The molecule has 3 heteroatoms. The van der Waals surface area contributed by atoms with Crippen LogP contribution < -0.4 is 5.73 Å². The Bertz CT molecular complexity index is 419. The summed E-state index contributed by atoms with van der Waals surface area (Å²) in [6.07, 6.45) is 6.61. The van der Waals surface area contributed by atoms with Crippen LogP contribution in [0.5, 0.6) is 0 Å². The third kappa shape index (κ3) is 4.29. The molecule has 1 aromatic rings. The standard InChI is InChI=1S/C17H27FN2/c1-2-4-14-5-3-9-20(10-8-14)13-15-6-7-17(18)16(11-15)12-19/h6-7,11,14H,2-5,8-10,12-13,19H2,1H3.